The Bertz CT molecular complexity index is 582. The molecule has 0 bridgehead atoms. The minimum atomic E-state index is -0.907. The molecule has 1 N–H and O–H groups in total. The zero-order valence-corrected chi connectivity index (χ0v) is 12.5. The van der Waals surface area contributed by atoms with Gasteiger partial charge in [-0.1, -0.05) is 13.3 Å². The number of aryl methyl sites for hydroxylation is 1. The molecule has 0 aliphatic rings. The van der Waals surface area contributed by atoms with Gasteiger partial charge in [-0.3, -0.25) is 0 Å². The Kier molecular flexibility index (Phi) is 4.74. The number of thiophene rings is 1. The average molecular weight is 290 g/mol. The van der Waals surface area contributed by atoms with Crippen LogP contribution in [0, 0.1) is 0 Å². The number of rotatable bonds is 6. The van der Waals surface area contributed by atoms with E-state index < -0.39 is 5.97 Å². The van der Waals surface area contributed by atoms with Gasteiger partial charge in [0.05, 0.1) is 5.56 Å². The van der Waals surface area contributed by atoms with Crippen molar-refractivity contribution in [2.24, 2.45) is 0 Å². The molecule has 0 atom stereocenters. The van der Waals surface area contributed by atoms with Crippen LogP contribution < -0.4 is 4.90 Å². The number of anilines is 1. The molecule has 0 aromatic carbocycles. The maximum atomic E-state index is 11.2. The molecule has 0 unspecified atom stereocenters. The van der Waals surface area contributed by atoms with Gasteiger partial charge in [-0.2, -0.15) is 11.3 Å². The summed E-state index contributed by atoms with van der Waals surface area (Å²) >= 11 is 1.65. The number of nitrogens with zero attached hydrogens (tertiary/aromatic N) is 2. The fraction of sp³-hybridized carbons (Fsp3) is 0.333. The predicted octanol–water partition coefficient (Wildman–Crippen LogP) is 3.43. The summed E-state index contributed by atoms with van der Waals surface area (Å²) in [7, 11) is 1.93. The number of carboxylic acid groups (broad SMARTS) is 1. The molecule has 0 spiro atoms. The summed E-state index contributed by atoms with van der Waals surface area (Å²) in [6.45, 7) is 2.79. The van der Waals surface area contributed by atoms with Gasteiger partial charge in [0.2, 0.25) is 0 Å². The number of aromatic nitrogens is 1. The van der Waals surface area contributed by atoms with Crippen molar-refractivity contribution in [3.63, 3.8) is 0 Å². The molecule has 0 aliphatic heterocycles. The first-order valence-corrected chi connectivity index (χ1v) is 7.51. The molecule has 5 heteroatoms. The summed E-state index contributed by atoms with van der Waals surface area (Å²) in [5.74, 6) is -0.200. The Morgan fingerprint density at radius 2 is 2.25 bits per heavy atom. The first-order chi connectivity index (χ1) is 9.60. The molecule has 0 saturated heterocycles. The first kappa shape index (κ1) is 14.5. The standard InChI is InChI=1S/C15H18N2O2S/c1-3-4-13-7-12(15(18)19)8-14(16-13)17(2)9-11-5-6-20-10-11/h5-8,10H,3-4,9H2,1-2H3,(H,18,19). The number of aromatic carboxylic acids is 1. The number of carboxylic acids is 1. The first-order valence-electron chi connectivity index (χ1n) is 6.56. The number of pyridine rings is 1. The third kappa shape index (κ3) is 3.57. The molecule has 4 nitrogen and oxygen atoms in total. The number of hydrogen-bond acceptors (Lipinski definition) is 4. The molecule has 106 valence electrons. The summed E-state index contributed by atoms with van der Waals surface area (Å²) in [6, 6.07) is 5.36. The van der Waals surface area contributed by atoms with E-state index in [0.717, 1.165) is 25.1 Å². The van der Waals surface area contributed by atoms with Gasteiger partial charge in [0, 0.05) is 19.3 Å². The minimum Gasteiger partial charge on any atom is -0.478 e. The van der Waals surface area contributed by atoms with Crippen molar-refractivity contribution in [2.75, 3.05) is 11.9 Å². The van der Waals surface area contributed by atoms with Crippen LogP contribution >= 0.6 is 11.3 Å². The lowest BCUT2D eigenvalue weighted by atomic mass is 10.1. The maximum Gasteiger partial charge on any atom is 0.335 e. The van der Waals surface area contributed by atoms with Crippen molar-refractivity contribution < 1.29 is 9.90 Å². The zero-order valence-electron chi connectivity index (χ0n) is 11.7. The molecule has 0 aliphatic carbocycles. The van der Waals surface area contributed by atoms with Crippen molar-refractivity contribution in [3.8, 4) is 0 Å². The van der Waals surface area contributed by atoms with E-state index in [1.807, 2.05) is 17.3 Å². The third-order valence-corrected chi connectivity index (χ3v) is 3.74. The lowest BCUT2D eigenvalue weighted by molar-refractivity contribution is 0.0696. The lowest BCUT2D eigenvalue weighted by Crippen LogP contribution is -2.18. The van der Waals surface area contributed by atoms with E-state index in [1.165, 1.54) is 5.56 Å². The number of carbonyl (C=O) groups is 1. The third-order valence-electron chi connectivity index (χ3n) is 3.01. The Balaban J connectivity index is 2.26. The fourth-order valence-corrected chi connectivity index (χ4v) is 2.67. The highest BCUT2D eigenvalue weighted by atomic mass is 32.1. The second-order valence-corrected chi connectivity index (χ2v) is 5.53. The molecule has 20 heavy (non-hydrogen) atoms. The maximum absolute atomic E-state index is 11.2. The quantitative estimate of drug-likeness (QED) is 0.885. The van der Waals surface area contributed by atoms with Gasteiger partial charge in [-0.25, -0.2) is 9.78 Å². The van der Waals surface area contributed by atoms with E-state index >= 15 is 0 Å². The predicted molar refractivity (Wildman–Crippen MR) is 81.6 cm³/mol. The summed E-state index contributed by atoms with van der Waals surface area (Å²) in [5.41, 5.74) is 2.34. The molecule has 2 aromatic rings. The highest BCUT2D eigenvalue weighted by Crippen LogP contribution is 2.18. The van der Waals surface area contributed by atoms with E-state index in [0.29, 0.717) is 11.4 Å². The van der Waals surface area contributed by atoms with Crippen molar-refractivity contribution in [2.45, 2.75) is 26.3 Å². The van der Waals surface area contributed by atoms with E-state index in [2.05, 4.69) is 23.4 Å². The van der Waals surface area contributed by atoms with Gasteiger partial charge in [0.25, 0.3) is 0 Å². The molecule has 2 heterocycles. The van der Waals surface area contributed by atoms with Crippen LogP contribution in [0.4, 0.5) is 5.82 Å². The topological polar surface area (TPSA) is 53.4 Å². The van der Waals surface area contributed by atoms with E-state index in [4.69, 9.17) is 0 Å². The smallest absolute Gasteiger partial charge is 0.335 e. The molecule has 2 rings (SSSR count). The molecule has 2 aromatic heterocycles. The van der Waals surface area contributed by atoms with Crippen molar-refractivity contribution >= 4 is 23.1 Å². The Morgan fingerprint density at radius 3 is 2.85 bits per heavy atom. The van der Waals surface area contributed by atoms with Crippen LogP contribution in [0.25, 0.3) is 0 Å². The van der Waals surface area contributed by atoms with E-state index in [-0.39, 0.29) is 0 Å². The van der Waals surface area contributed by atoms with Crippen LogP contribution in [0.3, 0.4) is 0 Å². The van der Waals surface area contributed by atoms with Crippen LogP contribution in [0.15, 0.2) is 29.0 Å². The van der Waals surface area contributed by atoms with Gasteiger partial charge < -0.3 is 10.0 Å². The molecule has 0 fully saturated rings. The second-order valence-electron chi connectivity index (χ2n) is 4.75. The molecular formula is C15H18N2O2S. The van der Waals surface area contributed by atoms with E-state index in [9.17, 15) is 9.90 Å². The summed E-state index contributed by atoms with van der Waals surface area (Å²) in [4.78, 5) is 17.7. The zero-order chi connectivity index (χ0) is 14.5. The van der Waals surface area contributed by atoms with Gasteiger partial charge in [0.15, 0.2) is 0 Å². The van der Waals surface area contributed by atoms with Gasteiger partial charge in [0.1, 0.15) is 5.82 Å². The van der Waals surface area contributed by atoms with Crippen LogP contribution in [0.1, 0.15) is 35.0 Å². The van der Waals surface area contributed by atoms with Crippen molar-refractivity contribution in [3.05, 3.63) is 45.8 Å². The van der Waals surface area contributed by atoms with Crippen LogP contribution in [-0.4, -0.2) is 23.1 Å². The van der Waals surface area contributed by atoms with Crippen molar-refractivity contribution in [1.82, 2.24) is 4.98 Å². The van der Waals surface area contributed by atoms with Crippen LogP contribution in [-0.2, 0) is 13.0 Å². The normalized spacial score (nSPS) is 10.5. The minimum absolute atomic E-state index is 0.301. The fourth-order valence-electron chi connectivity index (χ4n) is 2.01. The molecule has 0 saturated carbocycles. The summed E-state index contributed by atoms with van der Waals surface area (Å²) in [6.07, 6.45) is 1.74. The monoisotopic (exact) mass is 290 g/mol. The van der Waals surface area contributed by atoms with Crippen molar-refractivity contribution in [1.29, 1.82) is 0 Å². The second kappa shape index (κ2) is 6.52. The SMILES string of the molecule is CCCc1cc(C(=O)O)cc(N(C)Cc2ccsc2)n1. The van der Waals surface area contributed by atoms with Crippen LogP contribution in [0.2, 0.25) is 0 Å². The van der Waals surface area contributed by atoms with Gasteiger partial charge in [-0.05, 0) is 40.9 Å². The highest BCUT2D eigenvalue weighted by molar-refractivity contribution is 7.07. The number of hydrogen-bond donors (Lipinski definition) is 1. The summed E-state index contributed by atoms with van der Waals surface area (Å²) in [5, 5.41) is 13.3. The van der Waals surface area contributed by atoms with E-state index in [1.54, 1.807) is 23.5 Å². The molecule has 0 radical (unpaired) electrons. The molecular weight excluding hydrogens is 272 g/mol. The van der Waals surface area contributed by atoms with Crippen LogP contribution in [0.5, 0.6) is 0 Å². The van der Waals surface area contributed by atoms with Gasteiger partial charge in [-0.15, -0.1) is 0 Å². The Hall–Kier alpha value is -1.88. The Labute approximate surface area is 122 Å². The Morgan fingerprint density at radius 1 is 1.45 bits per heavy atom. The molecule has 0 amide bonds. The highest BCUT2D eigenvalue weighted by Gasteiger charge is 2.11. The lowest BCUT2D eigenvalue weighted by Gasteiger charge is -2.19. The average Bonchev–Trinajstić information content (AvgIpc) is 2.91. The largest absolute Gasteiger partial charge is 0.478 e. The summed E-state index contributed by atoms with van der Waals surface area (Å²) < 4.78 is 0. The van der Waals surface area contributed by atoms with Gasteiger partial charge >= 0.3 is 5.97 Å².